The summed E-state index contributed by atoms with van der Waals surface area (Å²) in [6.07, 6.45) is 3.50. The van der Waals surface area contributed by atoms with E-state index in [9.17, 15) is 5.11 Å². The van der Waals surface area contributed by atoms with Crippen molar-refractivity contribution in [3.05, 3.63) is 10.9 Å². The second-order valence-electron chi connectivity index (χ2n) is 5.57. The van der Waals surface area contributed by atoms with E-state index in [2.05, 4.69) is 40.5 Å². The Hall–Kier alpha value is -1.40. The maximum atomic E-state index is 9.44. The summed E-state index contributed by atoms with van der Waals surface area (Å²) >= 11 is 1.73. The third kappa shape index (κ3) is 3.11. The molecular formula is C15H22N4OS. The van der Waals surface area contributed by atoms with Gasteiger partial charge >= 0.3 is 0 Å². The molecule has 5 nitrogen and oxygen atoms in total. The molecule has 0 aromatic carbocycles. The third-order valence-corrected chi connectivity index (χ3v) is 4.95. The lowest BCUT2D eigenvalue weighted by atomic mass is 9.89. The van der Waals surface area contributed by atoms with E-state index in [0.717, 1.165) is 48.3 Å². The van der Waals surface area contributed by atoms with Crippen LogP contribution in [-0.2, 0) is 6.42 Å². The zero-order valence-corrected chi connectivity index (χ0v) is 13.3. The number of anilines is 2. The molecule has 0 atom stereocenters. The van der Waals surface area contributed by atoms with Crippen LogP contribution in [0.1, 0.15) is 38.0 Å². The number of aliphatic hydroxyl groups excluding tert-OH is 1. The summed E-state index contributed by atoms with van der Waals surface area (Å²) in [5.41, 5.74) is 0. The predicted octanol–water partition coefficient (Wildman–Crippen LogP) is 3.01. The molecule has 3 N–H and O–H groups in total. The summed E-state index contributed by atoms with van der Waals surface area (Å²) in [4.78, 5) is 11.6. The molecule has 2 aromatic heterocycles. The molecule has 0 amide bonds. The molecule has 1 saturated carbocycles. The molecule has 2 heterocycles. The minimum atomic E-state index is -0.161. The zero-order valence-electron chi connectivity index (χ0n) is 12.5. The van der Waals surface area contributed by atoms with Crippen molar-refractivity contribution in [2.24, 2.45) is 0 Å². The first kappa shape index (κ1) is 14.5. The number of thiophene rings is 1. The number of aromatic nitrogens is 2. The van der Waals surface area contributed by atoms with Gasteiger partial charge in [0, 0.05) is 17.5 Å². The largest absolute Gasteiger partial charge is 0.393 e. The van der Waals surface area contributed by atoms with Gasteiger partial charge in [-0.25, -0.2) is 4.98 Å². The highest BCUT2D eigenvalue weighted by Gasteiger charge is 2.28. The Labute approximate surface area is 128 Å². The highest BCUT2D eigenvalue weighted by Crippen LogP contribution is 2.32. The summed E-state index contributed by atoms with van der Waals surface area (Å²) in [7, 11) is 0. The Bertz CT molecular complexity index is 621. The normalized spacial score (nSPS) is 21.3. The van der Waals surface area contributed by atoms with Gasteiger partial charge in [-0.2, -0.15) is 4.98 Å². The highest BCUT2D eigenvalue weighted by atomic mass is 32.1. The maximum Gasteiger partial charge on any atom is 0.226 e. The van der Waals surface area contributed by atoms with Crippen LogP contribution in [0.4, 0.5) is 11.8 Å². The number of fused-ring (bicyclic) bond motifs is 1. The molecule has 6 heteroatoms. The van der Waals surface area contributed by atoms with Crippen LogP contribution >= 0.6 is 11.3 Å². The van der Waals surface area contributed by atoms with Crippen LogP contribution in [0.3, 0.4) is 0 Å². The first-order valence-electron chi connectivity index (χ1n) is 7.68. The van der Waals surface area contributed by atoms with Crippen molar-refractivity contribution < 1.29 is 5.11 Å². The van der Waals surface area contributed by atoms with Crippen LogP contribution in [-0.4, -0.2) is 33.8 Å². The highest BCUT2D eigenvalue weighted by molar-refractivity contribution is 7.18. The minimum absolute atomic E-state index is 0.161. The average Bonchev–Trinajstić information content (AvgIpc) is 2.86. The Morgan fingerprint density at radius 2 is 2.14 bits per heavy atom. The smallest absolute Gasteiger partial charge is 0.226 e. The standard InChI is InChI=1S/C15H22N4OS/c1-3-5-16-15-18-13(17-9-6-10(20)7-9)12-8-11(4-2)21-14(12)19-15/h8-10,20H,3-7H2,1-2H3,(H2,16,17,18,19). The number of nitrogens with one attached hydrogen (secondary N) is 2. The number of nitrogens with zero attached hydrogens (tertiary/aromatic N) is 2. The molecular weight excluding hydrogens is 284 g/mol. The van der Waals surface area contributed by atoms with Crippen molar-refractivity contribution in [3.63, 3.8) is 0 Å². The van der Waals surface area contributed by atoms with Crippen LogP contribution in [0.15, 0.2) is 6.07 Å². The Balaban J connectivity index is 1.91. The van der Waals surface area contributed by atoms with Crippen LogP contribution in [0.5, 0.6) is 0 Å². The van der Waals surface area contributed by atoms with Crippen molar-refractivity contribution in [1.82, 2.24) is 9.97 Å². The molecule has 0 unspecified atom stereocenters. The zero-order chi connectivity index (χ0) is 14.8. The Morgan fingerprint density at radius 3 is 2.81 bits per heavy atom. The number of aryl methyl sites for hydroxylation is 1. The molecule has 0 saturated heterocycles. The van der Waals surface area contributed by atoms with Gasteiger partial charge in [-0.3, -0.25) is 0 Å². The van der Waals surface area contributed by atoms with Gasteiger partial charge in [-0.1, -0.05) is 13.8 Å². The molecule has 114 valence electrons. The number of hydrogen-bond acceptors (Lipinski definition) is 6. The Kier molecular flexibility index (Phi) is 4.26. The van der Waals surface area contributed by atoms with E-state index in [-0.39, 0.29) is 6.10 Å². The monoisotopic (exact) mass is 306 g/mol. The third-order valence-electron chi connectivity index (χ3n) is 3.78. The molecule has 0 bridgehead atoms. The molecule has 1 fully saturated rings. The lowest BCUT2D eigenvalue weighted by Crippen LogP contribution is -2.39. The van der Waals surface area contributed by atoms with E-state index in [0.29, 0.717) is 12.0 Å². The van der Waals surface area contributed by atoms with E-state index in [4.69, 9.17) is 0 Å². The van der Waals surface area contributed by atoms with E-state index in [1.165, 1.54) is 4.88 Å². The van der Waals surface area contributed by atoms with Gasteiger partial charge < -0.3 is 15.7 Å². The summed E-state index contributed by atoms with van der Waals surface area (Å²) in [6, 6.07) is 2.50. The second-order valence-corrected chi connectivity index (χ2v) is 6.69. The van der Waals surface area contributed by atoms with Gasteiger partial charge in [0.1, 0.15) is 10.6 Å². The fraction of sp³-hybridized carbons (Fsp3) is 0.600. The van der Waals surface area contributed by atoms with Gasteiger partial charge in [0.05, 0.1) is 11.5 Å². The van der Waals surface area contributed by atoms with Crippen LogP contribution in [0, 0.1) is 0 Å². The molecule has 0 radical (unpaired) electrons. The lowest BCUT2D eigenvalue weighted by molar-refractivity contribution is 0.0836. The summed E-state index contributed by atoms with van der Waals surface area (Å²) < 4.78 is 0. The van der Waals surface area contributed by atoms with Crippen molar-refractivity contribution in [3.8, 4) is 0 Å². The maximum absolute atomic E-state index is 9.44. The van der Waals surface area contributed by atoms with Crippen LogP contribution < -0.4 is 10.6 Å². The number of aliphatic hydroxyl groups is 1. The fourth-order valence-electron chi connectivity index (χ4n) is 2.47. The van der Waals surface area contributed by atoms with Gasteiger partial charge in [-0.05, 0) is 31.7 Å². The summed E-state index contributed by atoms with van der Waals surface area (Å²) in [5.74, 6) is 1.59. The van der Waals surface area contributed by atoms with Gasteiger partial charge in [-0.15, -0.1) is 11.3 Å². The predicted molar refractivity (Wildman–Crippen MR) is 88.2 cm³/mol. The van der Waals surface area contributed by atoms with Crippen LogP contribution in [0.2, 0.25) is 0 Å². The first-order chi connectivity index (χ1) is 10.2. The van der Waals surface area contributed by atoms with E-state index < -0.39 is 0 Å². The minimum Gasteiger partial charge on any atom is -0.393 e. The van der Waals surface area contributed by atoms with E-state index >= 15 is 0 Å². The first-order valence-corrected chi connectivity index (χ1v) is 8.50. The van der Waals surface area contributed by atoms with Crippen molar-refractivity contribution in [1.29, 1.82) is 0 Å². The van der Waals surface area contributed by atoms with Crippen molar-refractivity contribution in [2.75, 3.05) is 17.2 Å². The molecule has 21 heavy (non-hydrogen) atoms. The van der Waals surface area contributed by atoms with Crippen LogP contribution in [0.25, 0.3) is 10.2 Å². The lowest BCUT2D eigenvalue weighted by Gasteiger charge is -2.32. The number of rotatable bonds is 6. The molecule has 0 spiro atoms. The number of hydrogen-bond donors (Lipinski definition) is 3. The van der Waals surface area contributed by atoms with E-state index in [1.54, 1.807) is 11.3 Å². The quantitative estimate of drug-likeness (QED) is 0.765. The summed E-state index contributed by atoms with van der Waals surface area (Å²) in [5, 5.41) is 17.3. The van der Waals surface area contributed by atoms with Crippen molar-refractivity contribution >= 4 is 33.3 Å². The topological polar surface area (TPSA) is 70.1 Å². The van der Waals surface area contributed by atoms with E-state index in [1.807, 2.05) is 0 Å². The Morgan fingerprint density at radius 1 is 1.33 bits per heavy atom. The second kappa shape index (κ2) is 6.15. The van der Waals surface area contributed by atoms with Gasteiger partial charge in [0.25, 0.3) is 0 Å². The van der Waals surface area contributed by atoms with Crippen molar-refractivity contribution in [2.45, 2.75) is 51.7 Å². The fourth-order valence-corrected chi connectivity index (χ4v) is 3.44. The molecule has 2 aromatic rings. The summed E-state index contributed by atoms with van der Waals surface area (Å²) in [6.45, 7) is 5.16. The van der Waals surface area contributed by atoms with Gasteiger partial charge in [0.15, 0.2) is 0 Å². The molecule has 0 aliphatic heterocycles. The SMILES string of the molecule is CCCNc1nc(NC2CC(O)C2)c2cc(CC)sc2n1. The average molecular weight is 306 g/mol. The molecule has 3 rings (SSSR count). The molecule has 1 aliphatic rings. The van der Waals surface area contributed by atoms with Gasteiger partial charge in [0.2, 0.25) is 5.95 Å². The molecule has 1 aliphatic carbocycles.